The molecule has 2 unspecified atom stereocenters. The molecule has 0 radical (unpaired) electrons. The molecule has 0 aromatic heterocycles. The highest BCUT2D eigenvalue weighted by atomic mass is 31.2. The second-order valence-electron chi connectivity index (χ2n) is 17.7. The van der Waals surface area contributed by atoms with Gasteiger partial charge in [0.1, 0.15) is 6.61 Å². The number of unbranched alkanes of at least 4 members (excludes halogenated alkanes) is 25. The largest absolute Gasteiger partial charge is 0.472 e. The second-order valence-corrected chi connectivity index (χ2v) is 19.2. The van der Waals surface area contributed by atoms with E-state index in [-0.39, 0.29) is 32.6 Å². The van der Waals surface area contributed by atoms with Crippen molar-refractivity contribution >= 4 is 19.8 Å². The van der Waals surface area contributed by atoms with Gasteiger partial charge in [-0.3, -0.25) is 18.6 Å². The Labute approximate surface area is 405 Å². The van der Waals surface area contributed by atoms with Gasteiger partial charge in [-0.2, -0.15) is 0 Å². The first-order chi connectivity index (χ1) is 32.3. The minimum atomic E-state index is -4.39. The summed E-state index contributed by atoms with van der Waals surface area (Å²) in [6.07, 6.45) is 65.3. The maximum absolute atomic E-state index is 12.7. The standard InChI is InChI=1S/C56H100NO8P/c1-3-5-7-9-11-13-15-17-19-20-21-22-23-24-25-26-27-28-29-30-31-32-33-34-35-37-39-41-43-45-47-49-56(59)65-54(53-64-66(60,61)63-51-50-57)52-62-55(58)48-46-44-42-40-38-36-18-16-14-12-10-8-6-4-2/h5,7,10-13,16-19,21-22,54H,3-4,6,8-9,14-15,20,23-53,57H2,1-2H3,(H,60,61)/b7-5-,12-10-,13-11-,18-16-,19-17-,22-21-. The smallest absolute Gasteiger partial charge is 0.462 e. The van der Waals surface area contributed by atoms with Crippen LogP contribution in [0.25, 0.3) is 0 Å². The lowest BCUT2D eigenvalue weighted by Gasteiger charge is -2.19. The summed E-state index contributed by atoms with van der Waals surface area (Å²) >= 11 is 0. The topological polar surface area (TPSA) is 134 Å². The highest BCUT2D eigenvalue weighted by molar-refractivity contribution is 7.47. The third-order valence-corrected chi connectivity index (χ3v) is 12.3. The lowest BCUT2D eigenvalue weighted by molar-refractivity contribution is -0.161. The Hall–Kier alpha value is -2.55. The minimum absolute atomic E-state index is 0.0500. The van der Waals surface area contributed by atoms with Crippen LogP contribution in [-0.4, -0.2) is 49.3 Å². The zero-order valence-corrected chi connectivity index (χ0v) is 43.3. The number of hydrogen-bond acceptors (Lipinski definition) is 8. The van der Waals surface area contributed by atoms with Crippen LogP contribution in [0.5, 0.6) is 0 Å². The van der Waals surface area contributed by atoms with Crippen molar-refractivity contribution in [2.75, 3.05) is 26.4 Å². The predicted molar refractivity (Wildman–Crippen MR) is 279 cm³/mol. The fourth-order valence-electron chi connectivity index (χ4n) is 7.35. The van der Waals surface area contributed by atoms with Gasteiger partial charge < -0.3 is 20.1 Å². The number of carbonyl (C=O) groups is 2. The molecule has 2 atom stereocenters. The van der Waals surface area contributed by atoms with Crippen molar-refractivity contribution in [3.63, 3.8) is 0 Å². The predicted octanol–water partition coefficient (Wildman–Crippen LogP) is 16.6. The molecular weight excluding hydrogens is 846 g/mol. The van der Waals surface area contributed by atoms with E-state index in [2.05, 4.69) is 86.8 Å². The van der Waals surface area contributed by atoms with Crippen LogP contribution in [0, 0.1) is 0 Å². The molecule has 382 valence electrons. The summed E-state index contributed by atoms with van der Waals surface area (Å²) in [5, 5.41) is 0. The van der Waals surface area contributed by atoms with E-state index in [0.29, 0.717) is 12.8 Å². The van der Waals surface area contributed by atoms with Crippen molar-refractivity contribution < 1.29 is 37.6 Å². The first-order valence-corrected chi connectivity index (χ1v) is 28.4. The van der Waals surface area contributed by atoms with Crippen molar-refractivity contribution in [3.05, 3.63) is 72.9 Å². The number of rotatable bonds is 50. The zero-order valence-electron chi connectivity index (χ0n) is 42.4. The van der Waals surface area contributed by atoms with Crippen LogP contribution in [-0.2, 0) is 32.7 Å². The number of esters is 2. The Morgan fingerprint density at radius 1 is 0.470 bits per heavy atom. The number of carbonyl (C=O) groups excluding carboxylic acids is 2. The van der Waals surface area contributed by atoms with Crippen molar-refractivity contribution in [1.29, 1.82) is 0 Å². The Morgan fingerprint density at radius 3 is 1.24 bits per heavy atom. The Balaban J connectivity index is 3.92. The molecule has 0 rings (SSSR count). The molecule has 9 nitrogen and oxygen atoms in total. The molecular formula is C56H100NO8P. The van der Waals surface area contributed by atoms with Gasteiger partial charge in [-0.25, -0.2) is 4.57 Å². The van der Waals surface area contributed by atoms with E-state index in [1.165, 1.54) is 109 Å². The van der Waals surface area contributed by atoms with Crippen LogP contribution < -0.4 is 5.73 Å². The third kappa shape index (κ3) is 50.9. The van der Waals surface area contributed by atoms with Gasteiger partial charge in [0, 0.05) is 19.4 Å². The molecule has 10 heteroatoms. The summed E-state index contributed by atoms with van der Waals surface area (Å²) in [6.45, 7) is 3.58. The average molecular weight is 946 g/mol. The summed E-state index contributed by atoms with van der Waals surface area (Å²) in [4.78, 5) is 35.0. The van der Waals surface area contributed by atoms with E-state index in [9.17, 15) is 19.0 Å². The van der Waals surface area contributed by atoms with Gasteiger partial charge in [0.25, 0.3) is 0 Å². The minimum Gasteiger partial charge on any atom is -0.462 e. The van der Waals surface area contributed by atoms with Crippen molar-refractivity contribution in [2.24, 2.45) is 5.73 Å². The van der Waals surface area contributed by atoms with Crippen LogP contribution >= 0.6 is 7.82 Å². The number of allylic oxidation sites excluding steroid dienone is 12. The van der Waals surface area contributed by atoms with Gasteiger partial charge in [0.15, 0.2) is 6.10 Å². The molecule has 0 spiro atoms. The van der Waals surface area contributed by atoms with Gasteiger partial charge in [-0.15, -0.1) is 0 Å². The monoisotopic (exact) mass is 946 g/mol. The highest BCUT2D eigenvalue weighted by Gasteiger charge is 2.26. The van der Waals surface area contributed by atoms with Gasteiger partial charge in [0.2, 0.25) is 0 Å². The molecule has 66 heavy (non-hydrogen) atoms. The van der Waals surface area contributed by atoms with Gasteiger partial charge in [0.05, 0.1) is 13.2 Å². The van der Waals surface area contributed by atoms with Gasteiger partial charge in [-0.1, -0.05) is 222 Å². The molecule has 0 aliphatic rings. The van der Waals surface area contributed by atoms with E-state index in [1.54, 1.807) is 0 Å². The lowest BCUT2D eigenvalue weighted by atomic mass is 10.0. The maximum Gasteiger partial charge on any atom is 0.472 e. The zero-order chi connectivity index (χ0) is 48.1. The van der Waals surface area contributed by atoms with E-state index in [1.807, 2.05) is 0 Å². The van der Waals surface area contributed by atoms with E-state index in [0.717, 1.165) is 89.9 Å². The van der Waals surface area contributed by atoms with Crippen molar-refractivity contribution in [1.82, 2.24) is 0 Å². The first-order valence-electron chi connectivity index (χ1n) is 26.9. The van der Waals surface area contributed by atoms with E-state index in [4.69, 9.17) is 24.3 Å². The van der Waals surface area contributed by atoms with Crippen LogP contribution in [0.2, 0.25) is 0 Å². The van der Waals surface area contributed by atoms with Crippen LogP contribution in [0.1, 0.15) is 239 Å². The summed E-state index contributed by atoms with van der Waals surface area (Å²) in [6, 6.07) is 0. The maximum atomic E-state index is 12.7. The molecule has 0 saturated carbocycles. The van der Waals surface area contributed by atoms with Crippen molar-refractivity contribution in [2.45, 2.75) is 245 Å². The van der Waals surface area contributed by atoms with Crippen LogP contribution in [0.4, 0.5) is 0 Å². The third-order valence-electron chi connectivity index (χ3n) is 11.3. The first kappa shape index (κ1) is 63.5. The second kappa shape index (κ2) is 51.8. The summed E-state index contributed by atoms with van der Waals surface area (Å²) in [7, 11) is -4.39. The normalized spacial score (nSPS) is 13.7. The molecule has 0 fully saturated rings. The van der Waals surface area contributed by atoms with E-state index < -0.39 is 32.5 Å². The lowest BCUT2D eigenvalue weighted by Crippen LogP contribution is -2.29. The summed E-state index contributed by atoms with van der Waals surface area (Å²) in [5.74, 6) is -0.841. The number of phosphoric ester groups is 1. The fourth-order valence-corrected chi connectivity index (χ4v) is 8.12. The van der Waals surface area contributed by atoms with Gasteiger partial charge in [-0.05, 0) is 77.0 Å². The number of nitrogens with two attached hydrogens (primary N) is 1. The fraction of sp³-hybridized carbons (Fsp3) is 0.750. The number of phosphoric acid groups is 1. The molecule has 0 amide bonds. The molecule has 0 saturated heterocycles. The molecule has 3 N–H and O–H groups in total. The highest BCUT2D eigenvalue weighted by Crippen LogP contribution is 2.43. The summed E-state index contributed by atoms with van der Waals surface area (Å²) in [5.41, 5.74) is 5.37. The molecule has 0 aliphatic carbocycles. The molecule has 0 bridgehead atoms. The Bertz CT molecular complexity index is 1310. The number of hydrogen-bond donors (Lipinski definition) is 2. The SMILES string of the molecule is CC/C=C\C/C=C\C/C=C\C/C=C\CCCCCCCCCCCCCCCCCCCCC(=O)OC(COC(=O)CCCCCCC/C=C\C/C=C\CCCC)COP(=O)(O)OCCN. The van der Waals surface area contributed by atoms with Crippen LogP contribution in [0.15, 0.2) is 72.9 Å². The number of ether oxygens (including phenoxy) is 2. The Morgan fingerprint density at radius 2 is 0.833 bits per heavy atom. The van der Waals surface area contributed by atoms with Gasteiger partial charge >= 0.3 is 19.8 Å². The molecule has 0 heterocycles. The molecule has 0 aromatic rings. The van der Waals surface area contributed by atoms with E-state index >= 15 is 0 Å². The quantitative estimate of drug-likeness (QED) is 0.0264. The molecule has 0 aromatic carbocycles. The van der Waals surface area contributed by atoms with Crippen molar-refractivity contribution in [3.8, 4) is 0 Å². The Kier molecular flexibility index (Phi) is 49.8. The average Bonchev–Trinajstić information content (AvgIpc) is 3.31. The van der Waals surface area contributed by atoms with Crippen LogP contribution in [0.3, 0.4) is 0 Å². The molecule has 0 aliphatic heterocycles. The summed E-state index contributed by atoms with van der Waals surface area (Å²) < 4.78 is 32.9.